The maximum atomic E-state index is 11.7. The zero-order valence-electron chi connectivity index (χ0n) is 10.9. The average molecular weight is 250 g/mol. The number of anilines is 1. The van der Waals surface area contributed by atoms with Crippen LogP contribution in [0.2, 0.25) is 0 Å². The zero-order valence-corrected chi connectivity index (χ0v) is 10.9. The average Bonchev–Trinajstić information content (AvgIpc) is 2.15. The standard InChI is InChI=1S/C12H18N4O2/c1-12(2,3)18-11(17)16-6-8(7-16)10-14-4-9(13)5-15-10/h4-5,8H,6-7,13H2,1-3H3. The fraction of sp³-hybridized carbons (Fsp3) is 0.583. The molecule has 2 rings (SSSR count). The summed E-state index contributed by atoms with van der Waals surface area (Å²) in [5.74, 6) is 0.905. The molecule has 1 fully saturated rings. The number of rotatable bonds is 1. The molecule has 0 aromatic carbocycles. The number of hydrogen-bond acceptors (Lipinski definition) is 5. The summed E-state index contributed by atoms with van der Waals surface area (Å²) in [4.78, 5) is 21.7. The summed E-state index contributed by atoms with van der Waals surface area (Å²) in [7, 11) is 0. The summed E-state index contributed by atoms with van der Waals surface area (Å²) in [6, 6.07) is 0. The minimum absolute atomic E-state index is 0.179. The lowest BCUT2D eigenvalue weighted by Gasteiger charge is -2.38. The lowest BCUT2D eigenvalue weighted by Crippen LogP contribution is -2.50. The van der Waals surface area contributed by atoms with Crippen molar-refractivity contribution in [1.82, 2.24) is 14.9 Å². The Hall–Kier alpha value is -1.85. The minimum Gasteiger partial charge on any atom is -0.444 e. The largest absolute Gasteiger partial charge is 0.444 e. The number of likely N-dealkylation sites (tertiary alicyclic amines) is 1. The molecule has 6 heteroatoms. The number of aromatic nitrogens is 2. The first kappa shape index (κ1) is 12.6. The van der Waals surface area contributed by atoms with E-state index >= 15 is 0 Å². The Morgan fingerprint density at radius 2 is 1.94 bits per heavy atom. The van der Waals surface area contributed by atoms with E-state index in [4.69, 9.17) is 10.5 Å². The lowest BCUT2D eigenvalue weighted by molar-refractivity contribution is 0.00752. The van der Waals surface area contributed by atoms with Crippen LogP contribution in [0.4, 0.5) is 10.5 Å². The van der Waals surface area contributed by atoms with Gasteiger partial charge in [-0.15, -0.1) is 0 Å². The van der Waals surface area contributed by atoms with Crippen molar-refractivity contribution >= 4 is 11.8 Å². The summed E-state index contributed by atoms with van der Waals surface area (Å²) in [6.07, 6.45) is 2.88. The van der Waals surface area contributed by atoms with Gasteiger partial charge in [0.2, 0.25) is 0 Å². The van der Waals surface area contributed by atoms with E-state index in [1.165, 1.54) is 0 Å². The predicted octanol–water partition coefficient (Wildman–Crippen LogP) is 1.39. The van der Waals surface area contributed by atoms with Gasteiger partial charge in [0.1, 0.15) is 11.4 Å². The number of ether oxygens (including phenoxy) is 1. The lowest BCUT2D eigenvalue weighted by atomic mass is 10.00. The second-order valence-corrected chi connectivity index (χ2v) is 5.46. The van der Waals surface area contributed by atoms with Crippen LogP contribution in [0, 0.1) is 0 Å². The molecule has 1 aromatic rings. The Bertz CT molecular complexity index is 432. The monoisotopic (exact) mass is 250 g/mol. The maximum Gasteiger partial charge on any atom is 0.410 e. The van der Waals surface area contributed by atoms with Crippen molar-refractivity contribution in [1.29, 1.82) is 0 Å². The van der Waals surface area contributed by atoms with E-state index in [0.29, 0.717) is 18.8 Å². The summed E-state index contributed by atoms with van der Waals surface area (Å²) >= 11 is 0. The molecule has 1 aliphatic rings. The van der Waals surface area contributed by atoms with Gasteiger partial charge in [0.15, 0.2) is 0 Å². The summed E-state index contributed by atoms with van der Waals surface area (Å²) in [5, 5.41) is 0. The van der Waals surface area contributed by atoms with Crippen molar-refractivity contribution in [2.45, 2.75) is 32.3 Å². The third kappa shape index (κ3) is 2.88. The van der Waals surface area contributed by atoms with Crippen LogP contribution in [-0.4, -0.2) is 39.7 Å². The van der Waals surface area contributed by atoms with Crippen LogP contribution in [0.5, 0.6) is 0 Å². The van der Waals surface area contributed by atoms with Gasteiger partial charge in [0, 0.05) is 13.1 Å². The second-order valence-electron chi connectivity index (χ2n) is 5.46. The highest BCUT2D eigenvalue weighted by Crippen LogP contribution is 2.26. The molecule has 2 N–H and O–H groups in total. The maximum absolute atomic E-state index is 11.7. The van der Waals surface area contributed by atoms with Gasteiger partial charge in [-0.05, 0) is 20.8 Å². The summed E-state index contributed by atoms with van der Waals surface area (Å²) in [5.41, 5.74) is 5.61. The zero-order chi connectivity index (χ0) is 13.3. The minimum atomic E-state index is -0.458. The van der Waals surface area contributed by atoms with Crippen molar-refractivity contribution in [2.24, 2.45) is 0 Å². The number of carbonyl (C=O) groups excluding carboxylic acids is 1. The molecule has 0 spiro atoms. The molecule has 0 radical (unpaired) electrons. The molecule has 0 aliphatic carbocycles. The van der Waals surface area contributed by atoms with Crippen LogP contribution in [0.15, 0.2) is 12.4 Å². The molecule has 1 saturated heterocycles. The number of nitrogens with zero attached hydrogens (tertiary/aromatic N) is 3. The quantitative estimate of drug-likeness (QED) is 0.814. The van der Waals surface area contributed by atoms with Crippen molar-refractivity contribution in [3.8, 4) is 0 Å². The molecule has 98 valence electrons. The first-order chi connectivity index (χ1) is 8.35. The van der Waals surface area contributed by atoms with Crippen LogP contribution < -0.4 is 5.73 Å². The van der Waals surface area contributed by atoms with Gasteiger partial charge in [-0.1, -0.05) is 0 Å². The fourth-order valence-corrected chi connectivity index (χ4v) is 1.68. The van der Waals surface area contributed by atoms with Crippen LogP contribution in [0.1, 0.15) is 32.5 Å². The normalized spacial score (nSPS) is 16.3. The number of amides is 1. The Balaban J connectivity index is 1.87. The van der Waals surface area contributed by atoms with Crippen molar-refractivity contribution in [3.63, 3.8) is 0 Å². The highest BCUT2D eigenvalue weighted by molar-refractivity contribution is 5.69. The van der Waals surface area contributed by atoms with E-state index in [1.54, 1.807) is 17.3 Å². The molecule has 0 saturated carbocycles. The first-order valence-electron chi connectivity index (χ1n) is 5.90. The molecular formula is C12H18N4O2. The number of nitrogens with two attached hydrogens (primary N) is 1. The summed E-state index contributed by atoms with van der Waals surface area (Å²) in [6.45, 7) is 6.75. The SMILES string of the molecule is CC(C)(C)OC(=O)N1CC(c2ncc(N)cn2)C1. The smallest absolute Gasteiger partial charge is 0.410 e. The Morgan fingerprint density at radius 3 is 2.44 bits per heavy atom. The van der Waals surface area contributed by atoms with Gasteiger partial charge >= 0.3 is 6.09 Å². The van der Waals surface area contributed by atoms with E-state index in [-0.39, 0.29) is 12.0 Å². The van der Waals surface area contributed by atoms with E-state index in [9.17, 15) is 4.79 Å². The molecule has 1 amide bonds. The van der Waals surface area contributed by atoms with Crippen LogP contribution in [0.25, 0.3) is 0 Å². The Kier molecular flexibility index (Phi) is 3.11. The van der Waals surface area contributed by atoms with Crippen molar-refractivity contribution in [3.05, 3.63) is 18.2 Å². The molecule has 2 heterocycles. The van der Waals surface area contributed by atoms with Crippen molar-refractivity contribution < 1.29 is 9.53 Å². The number of hydrogen-bond donors (Lipinski definition) is 1. The first-order valence-corrected chi connectivity index (χ1v) is 5.90. The van der Waals surface area contributed by atoms with Gasteiger partial charge in [-0.2, -0.15) is 0 Å². The summed E-state index contributed by atoms with van der Waals surface area (Å²) < 4.78 is 5.27. The van der Waals surface area contributed by atoms with Crippen molar-refractivity contribution in [2.75, 3.05) is 18.8 Å². The molecule has 1 aliphatic heterocycles. The third-order valence-corrected chi connectivity index (χ3v) is 2.59. The highest BCUT2D eigenvalue weighted by Gasteiger charge is 2.35. The highest BCUT2D eigenvalue weighted by atomic mass is 16.6. The van der Waals surface area contributed by atoms with E-state index in [2.05, 4.69) is 9.97 Å². The van der Waals surface area contributed by atoms with Crippen LogP contribution >= 0.6 is 0 Å². The number of nitrogen functional groups attached to an aromatic ring is 1. The van der Waals surface area contributed by atoms with E-state index in [0.717, 1.165) is 5.82 Å². The van der Waals surface area contributed by atoms with E-state index in [1.807, 2.05) is 20.8 Å². The van der Waals surface area contributed by atoms with Crippen LogP contribution in [-0.2, 0) is 4.74 Å². The van der Waals surface area contributed by atoms with Crippen LogP contribution in [0.3, 0.4) is 0 Å². The van der Waals surface area contributed by atoms with Gasteiger partial charge in [0.25, 0.3) is 0 Å². The number of carbonyl (C=O) groups is 1. The Morgan fingerprint density at radius 1 is 1.39 bits per heavy atom. The van der Waals surface area contributed by atoms with Gasteiger partial charge in [-0.25, -0.2) is 14.8 Å². The Labute approximate surface area is 106 Å². The molecule has 0 atom stereocenters. The molecule has 0 unspecified atom stereocenters. The third-order valence-electron chi connectivity index (χ3n) is 2.59. The van der Waals surface area contributed by atoms with Gasteiger partial charge in [-0.3, -0.25) is 0 Å². The van der Waals surface area contributed by atoms with Gasteiger partial charge in [0.05, 0.1) is 24.0 Å². The fourth-order valence-electron chi connectivity index (χ4n) is 1.68. The topological polar surface area (TPSA) is 81.3 Å². The molecule has 1 aromatic heterocycles. The van der Waals surface area contributed by atoms with Gasteiger partial charge < -0.3 is 15.4 Å². The molecule has 6 nitrogen and oxygen atoms in total. The second kappa shape index (κ2) is 4.44. The molecule has 18 heavy (non-hydrogen) atoms. The molecule has 0 bridgehead atoms. The van der Waals surface area contributed by atoms with E-state index < -0.39 is 5.60 Å². The molecular weight excluding hydrogens is 232 g/mol. The predicted molar refractivity (Wildman–Crippen MR) is 67.0 cm³/mol.